The highest BCUT2D eigenvalue weighted by Crippen LogP contribution is 2.29. The van der Waals surface area contributed by atoms with Gasteiger partial charge in [0.2, 0.25) is 0 Å². The predicted octanol–water partition coefficient (Wildman–Crippen LogP) is 6.92. The van der Waals surface area contributed by atoms with Crippen molar-refractivity contribution in [1.82, 2.24) is 14.5 Å². The average Bonchev–Trinajstić information content (AvgIpc) is 3.33. The third-order valence-corrected chi connectivity index (χ3v) is 6.49. The van der Waals surface area contributed by atoms with E-state index in [1.54, 1.807) is 42.9 Å². The summed E-state index contributed by atoms with van der Waals surface area (Å²) in [4.78, 5) is 6.19. The summed E-state index contributed by atoms with van der Waals surface area (Å²) in [5.41, 5.74) is 3.31. The smallest absolute Gasteiger partial charge is 0.344 e. The Balaban J connectivity index is 1.49. The second kappa shape index (κ2) is 12.1. The van der Waals surface area contributed by atoms with Crippen molar-refractivity contribution < 1.29 is 13.2 Å². The number of halogens is 4. The molecule has 4 aromatic rings. The van der Waals surface area contributed by atoms with E-state index in [1.165, 1.54) is 12.1 Å². The minimum atomic E-state index is -4.39. The summed E-state index contributed by atoms with van der Waals surface area (Å²) >= 11 is 11.8. The van der Waals surface area contributed by atoms with Gasteiger partial charge in [-0.2, -0.15) is 18.4 Å². The third kappa shape index (κ3) is 7.34. The van der Waals surface area contributed by atoms with E-state index < -0.39 is 11.7 Å². The van der Waals surface area contributed by atoms with Crippen LogP contribution in [0.2, 0.25) is 5.02 Å². The summed E-state index contributed by atoms with van der Waals surface area (Å²) in [6.45, 7) is 1.39. The molecule has 0 aliphatic carbocycles. The molecule has 0 saturated heterocycles. The van der Waals surface area contributed by atoms with Crippen LogP contribution in [0.1, 0.15) is 27.9 Å². The highest BCUT2D eigenvalue weighted by Gasteiger charge is 2.30. The maximum absolute atomic E-state index is 13.0. The number of imidazole rings is 1. The van der Waals surface area contributed by atoms with Crippen molar-refractivity contribution in [3.8, 4) is 6.07 Å². The van der Waals surface area contributed by atoms with E-state index in [9.17, 15) is 13.2 Å². The minimum absolute atomic E-state index is 0.314. The summed E-state index contributed by atoms with van der Waals surface area (Å²) in [5.74, 6) is 0. The van der Waals surface area contributed by atoms with E-state index in [0.29, 0.717) is 53.0 Å². The topological polar surface area (TPSA) is 56.9 Å². The van der Waals surface area contributed by atoms with Gasteiger partial charge >= 0.3 is 6.18 Å². The molecule has 0 atom stereocenters. The second-order valence-electron chi connectivity index (χ2n) is 8.63. The van der Waals surface area contributed by atoms with Gasteiger partial charge in [-0.05, 0) is 65.8 Å². The molecule has 3 aromatic carbocycles. The lowest BCUT2D eigenvalue weighted by Gasteiger charge is -2.26. The van der Waals surface area contributed by atoms with Gasteiger partial charge in [-0.1, -0.05) is 41.9 Å². The number of hydrogen-bond donors (Lipinski definition) is 1. The largest absolute Gasteiger partial charge is 0.416 e. The number of hydrogen-bond acceptors (Lipinski definition) is 3. The number of rotatable bonds is 8. The quantitative estimate of drug-likeness (QED) is 0.240. The van der Waals surface area contributed by atoms with Gasteiger partial charge in [-0.15, -0.1) is 0 Å². The van der Waals surface area contributed by atoms with Crippen LogP contribution in [0.5, 0.6) is 0 Å². The fourth-order valence-corrected chi connectivity index (χ4v) is 4.33. The minimum Gasteiger partial charge on any atom is -0.344 e. The molecule has 0 spiro atoms. The fourth-order valence-electron chi connectivity index (χ4n) is 3.87. The van der Waals surface area contributed by atoms with Crippen molar-refractivity contribution >= 4 is 34.6 Å². The first kappa shape index (κ1) is 27.2. The van der Waals surface area contributed by atoms with E-state index in [1.807, 2.05) is 27.7 Å². The summed E-state index contributed by atoms with van der Waals surface area (Å²) < 4.78 is 41.1. The molecule has 38 heavy (non-hydrogen) atoms. The van der Waals surface area contributed by atoms with Gasteiger partial charge in [0.05, 0.1) is 23.5 Å². The van der Waals surface area contributed by atoms with Crippen molar-refractivity contribution in [3.63, 3.8) is 0 Å². The number of anilines is 1. The molecular weight excluding hydrogens is 531 g/mol. The number of aromatic nitrogens is 2. The number of nitrogens with zero attached hydrogens (tertiary/aromatic N) is 4. The Kier molecular flexibility index (Phi) is 8.66. The molecule has 0 amide bonds. The number of alkyl halides is 3. The maximum atomic E-state index is 13.0. The fraction of sp³-hybridized carbons (Fsp3) is 0.179. The molecule has 1 N–H and O–H groups in total. The van der Waals surface area contributed by atoms with Crippen LogP contribution in [0, 0.1) is 11.3 Å². The molecule has 1 heterocycles. The first-order valence-corrected chi connectivity index (χ1v) is 12.5. The van der Waals surface area contributed by atoms with E-state index in [4.69, 9.17) is 29.1 Å². The molecule has 0 unspecified atom stereocenters. The Hall–Kier alpha value is -3.87. The number of nitrogens with one attached hydrogen (secondary N) is 1. The lowest BCUT2D eigenvalue weighted by Crippen LogP contribution is -2.36. The van der Waals surface area contributed by atoms with Gasteiger partial charge in [-0.3, -0.25) is 0 Å². The average molecular weight is 554 g/mol. The van der Waals surface area contributed by atoms with E-state index in [0.717, 1.165) is 23.4 Å². The zero-order valence-electron chi connectivity index (χ0n) is 20.1. The predicted molar refractivity (Wildman–Crippen MR) is 146 cm³/mol. The molecule has 1 aromatic heterocycles. The normalized spacial score (nSPS) is 11.1. The summed E-state index contributed by atoms with van der Waals surface area (Å²) in [6.07, 6.45) is -0.271. The van der Waals surface area contributed by atoms with E-state index in [2.05, 4.69) is 16.4 Å². The van der Waals surface area contributed by atoms with Crippen molar-refractivity contribution in [2.24, 2.45) is 0 Å². The van der Waals surface area contributed by atoms with Crippen LogP contribution in [-0.2, 0) is 25.7 Å². The van der Waals surface area contributed by atoms with Gasteiger partial charge in [-0.25, -0.2) is 4.98 Å². The Morgan fingerprint density at radius 3 is 2.42 bits per heavy atom. The molecule has 0 aliphatic heterocycles. The van der Waals surface area contributed by atoms with Crippen LogP contribution < -0.4 is 5.32 Å². The molecule has 10 heteroatoms. The Labute approximate surface area is 229 Å². The van der Waals surface area contributed by atoms with Gasteiger partial charge in [0, 0.05) is 48.7 Å². The molecule has 0 radical (unpaired) electrons. The molecule has 4 rings (SSSR count). The molecule has 0 bridgehead atoms. The first-order chi connectivity index (χ1) is 18.2. The number of thiocarbonyl (C=S) groups is 1. The SMILES string of the molecule is N#Cc1ccc(Cn2cncc2CCN(Cc2ccc(C(F)(F)F)cc2)C(=S)Nc2cccc(Cl)c2)cc1. The standard InChI is InChI=1S/C28H23ClF3N5S/c29-24-2-1-3-25(14-24)35-27(38)36(17-22-8-10-23(11-9-22)28(30,31)32)13-12-26-16-34-19-37(26)18-21-6-4-20(15-33)5-7-21/h1-11,14,16,19H,12-13,17-18H2,(H,35,38). The lowest BCUT2D eigenvalue weighted by atomic mass is 10.1. The summed E-state index contributed by atoms with van der Waals surface area (Å²) in [7, 11) is 0. The van der Waals surface area contributed by atoms with Gasteiger partial charge in [0.1, 0.15) is 0 Å². The van der Waals surface area contributed by atoms with Crippen LogP contribution in [0.15, 0.2) is 85.3 Å². The van der Waals surface area contributed by atoms with E-state index >= 15 is 0 Å². The summed E-state index contributed by atoms with van der Waals surface area (Å²) in [6, 6.07) is 21.7. The Morgan fingerprint density at radius 1 is 1.05 bits per heavy atom. The Bertz CT molecular complexity index is 1430. The highest BCUT2D eigenvalue weighted by atomic mass is 35.5. The van der Waals surface area contributed by atoms with Crippen LogP contribution in [0.4, 0.5) is 18.9 Å². The zero-order valence-corrected chi connectivity index (χ0v) is 21.7. The highest BCUT2D eigenvalue weighted by molar-refractivity contribution is 7.80. The maximum Gasteiger partial charge on any atom is 0.416 e. The monoisotopic (exact) mass is 553 g/mol. The third-order valence-electron chi connectivity index (χ3n) is 5.89. The number of nitriles is 1. The van der Waals surface area contributed by atoms with Gasteiger partial charge in [0.25, 0.3) is 0 Å². The molecule has 0 aliphatic rings. The van der Waals surface area contributed by atoms with Crippen LogP contribution in [0.25, 0.3) is 0 Å². The van der Waals surface area contributed by atoms with Gasteiger partial charge in [0.15, 0.2) is 5.11 Å². The van der Waals surface area contributed by atoms with Gasteiger partial charge < -0.3 is 14.8 Å². The van der Waals surface area contributed by atoms with Crippen molar-refractivity contribution in [3.05, 3.63) is 118 Å². The molecule has 0 saturated carbocycles. The molecular formula is C28H23ClF3N5S. The second-order valence-corrected chi connectivity index (χ2v) is 9.45. The summed E-state index contributed by atoms with van der Waals surface area (Å²) in [5, 5.41) is 13.2. The Morgan fingerprint density at radius 2 is 1.76 bits per heavy atom. The molecule has 5 nitrogen and oxygen atoms in total. The zero-order chi connectivity index (χ0) is 27.1. The van der Waals surface area contributed by atoms with Crippen molar-refractivity contribution in [2.45, 2.75) is 25.7 Å². The van der Waals surface area contributed by atoms with E-state index in [-0.39, 0.29) is 0 Å². The van der Waals surface area contributed by atoms with Crippen LogP contribution >= 0.6 is 23.8 Å². The molecule has 194 valence electrons. The number of benzene rings is 3. The van der Waals surface area contributed by atoms with Crippen molar-refractivity contribution in [2.75, 3.05) is 11.9 Å². The van der Waals surface area contributed by atoms with Crippen LogP contribution in [0.3, 0.4) is 0 Å². The lowest BCUT2D eigenvalue weighted by molar-refractivity contribution is -0.137. The van der Waals surface area contributed by atoms with Crippen LogP contribution in [-0.4, -0.2) is 26.1 Å². The van der Waals surface area contributed by atoms with Crippen molar-refractivity contribution in [1.29, 1.82) is 5.26 Å². The molecule has 0 fully saturated rings. The first-order valence-electron chi connectivity index (χ1n) is 11.7.